The van der Waals surface area contributed by atoms with Crippen LogP contribution in [0.5, 0.6) is 0 Å². The fourth-order valence-electron chi connectivity index (χ4n) is 0. The van der Waals surface area contributed by atoms with Crippen molar-refractivity contribution < 1.29 is 49.8 Å². The van der Waals surface area contributed by atoms with Crippen molar-refractivity contribution in [3.05, 3.63) is 0 Å². The van der Waals surface area contributed by atoms with Gasteiger partial charge in [-0.15, -0.1) is 0 Å². The van der Waals surface area contributed by atoms with Crippen LogP contribution >= 0.6 is 0 Å². The Morgan fingerprint density at radius 1 is 0.429 bits per heavy atom. The predicted octanol–water partition coefficient (Wildman–Crippen LogP) is -4.77. The van der Waals surface area contributed by atoms with Crippen LogP contribution in [0.4, 0.5) is 0 Å². The van der Waals surface area contributed by atoms with Crippen molar-refractivity contribution in [2.45, 2.75) is 0 Å². The molecule has 0 aliphatic rings. The van der Waals surface area contributed by atoms with Crippen LogP contribution in [-0.4, -0.2) is 78.8 Å². The number of hydrogen-bond acceptors (Lipinski definition) is 0. The van der Waals surface area contributed by atoms with Crippen molar-refractivity contribution in [3.63, 3.8) is 0 Å². The molecule has 0 fully saturated rings. The van der Waals surface area contributed by atoms with Crippen LogP contribution in [0.2, 0.25) is 0 Å². The van der Waals surface area contributed by atoms with E-state index in [-0.39, 0.29) is 101 Å². The third kappa shape index (κ3) is 65.8. The third-order valence-electron chi connectivity index (χ3n) is 0. The Labute approximate surface area is 99.3 Å². The van der Waals surface area contributed by atoms with Crippen molar-refractivity contribution in [2.75, 3.05) is 0 Å². The summed E-state index contributed by atoms with van der Waals surface area (Å²) in [5.41, 5.74) is 0. The monoisotopic (exact) mass is 327 g/mol. The molecule has 10 N–H and O–H groups in total. The Hall–Kier alpha value is 2.18. The topological polar surface area (TPSA) is 158 Å². The molecule has 0 rings (SSSR count). The van der Waals surface area contributed by atoms with Gasteiger partial charge in [0.05, 0.1) is 0 Å². The van der Waals surface area contributed by atoms with Gasteiger partial charge in [0.1, 0.15) is 0 Å². The minimum absolute atomic E-state index is 0. The normalized spacial score (nSPS) is 0. The van der Waals surface area contributed by atoms with Gasteiger partial charge in [-0.3, -0.25) is 0 Å². The molecule has 0 aromatic rings. The third-order valence-corrected chi connectivity index (χ3v) is 0. The van der Waals surface area contributed by atoms with Crippen LogP contribution in [-0.2, 0) is 22.4 Å². The average Bonchev–Trinajstić information content (AvgIpc) is 0. The maximum absolute atomic E-state index is 0. The Morgan fingerprint density at radius 2 is 0.429 bits per heavy atom. The Kier molecular flexibility index (Phi) is 1640. The van der Waals surface area contributed by atoms with Crippen LogP contribution < -0.4 is 0 Å². The first-order valence-corrected chi connectivity index (χ1v) is 0. The average molecular weight is 327 g/mol. The molecule has 0 spiro atoms. The molecular weight excluding hydrogens is 316 g/mol. The molecule has 0 bridgehead atoms. The van der Waals surface area contributed by atoms with Gasteiger partial charge in [0, 0.05) is 22.4 Å². The second-order valence-corrected chi connectivity index (χ2v) is 0. The quantitative estimate of drug-likeness (QED) is 0.391. The zero-order valence-corrected chi connectivity index (χ0v) is 4.97. The first-order valence-electron chi connectivity index (χ1n) is 0. The molecule has 53 valence electrons. The Balaban J connectivity index is 0. The molecule has 0 unspecified atom stereocenters. The first-order chi connectivity index (χ1) is 0. The fraction of sp³-hybridized carbons (Fsp3) is 0. The Morgan fingerprint density at radius 3 is 0.429 bits per heavy atom. The summed E-state index contributed by atoms with van der Waals surface area (Å²) in [6.07, 6.45) is 0. The molecule has 7 heavy (non-hydrogen) atoms. The Bertz CT molecular complexity index is 8.04. The summed E-state index contributed by atoms with van der Waals surface area (Å²) >= 11 is 0. The van der Waals surface area contributed by atoms with Crippen molar-refractivity contribution in [2.24, 2.45) is 0 Å². The van der Waals surface area contributed by atoms with E-state index in [1.54, 1.807) is 0 Å². The van der Waals surface area contributed by atoms with Gasteiger partial charge in [0.15, 0.2) is 0 Å². The van der Waals surface area contributed by atoms with Crippen LogP contribution in [0.25, 0.3) is 0 Å². The molecule has 0 atom stereocenters. The van der Waals surface area contributed by atoms with Gasteiger partial charge >= 0.3 is 51.4 Å². The van der Waals surface area contributed by atoms with E-state index in [0.29, 0.717) is 0 Å². The van der Waals surface area contributed by atoms with E-state index in [1.165, 1.54) is 0 Å². The molecule has 0 aliphatic carbocycles. The maximum atomic E-state index is 0. The minimum atomic E-state index is 0. The van der Waals surface area contributed by atoms with Gasteiger partial charge in [0.25, 0.3) is 0 Å². The molecule has 1 radical (unpaired) electrons. The molecular formula is H11AuKO5. The molecule has 5 nitrogen and oxygen atoms in total. The molecule has 0 aromatic heterocycles. The fourth-order valence-corrected chi connectivity index (χ4v) is 0. The van der Waals surface area contributed by atoms with E-state index in [4.69, 9.17) is 0 Å². The summed E-state index contributed by atoms with van der Waals surface area (Å²) in [4.78, 5) is 0. The predicted molar refractivity (Wildman–Crippen MR) is 25.2 cm³/mol. The van der Waals surface area contributed by atoms with Crippen molar-refractivity contribution >= 4 is 51.4 Å². The number of hydrogen-bond donors (Lipinski definition) is 0. The molecule has 0 aromatic carbocycles. The van der Waals surface area contributed by atoms with E-state index in [9.17, 15) is 0 Å². The van der Waals surface area contributed by atoms with Gasteiger partial charge in [0.2, 0.25) is 0 Å². The van der Waals surface area contributed by atoms with Crippen LogP contribution in [0, 0.1) is 0 Å². The van der Waals surface area contributed by atoms with Crippen LogP contribution in [0.15, 0.2) is 0 Å². The number of rotatable bonds is 0. The van der Waals surface area contributed by atoms with Crippen molar-refractivity contribution in [1.29, 1.82) is 0 Å². The standard InChI is InChI=1S/Au.K.5H2O.H/h;;5*1H2;. The van der Waals surface area contributed by atoms with E-state index in [0.717, 1.165) is 0 Å². The van der Waals surface area contributed by atoms with Crippen molar-refractivity contribution in [3.8, 4) is 0 Å². The van der Waals surface area contributed by atoms with Gasteiger partial charge < -0.3 is 27.4 Å². The molecule has 0 aliphatic heterocycles. The van der Waals surface area contributed by atoms with Gasteiger partial charge in [-0.1, -0.05) is 0 Å². The van der Waals surface area contributed by atoms with Gasteiger partial charge in [-0.05, 0) is 0 Å². The summed E-state index contributed by atoms with van der Waals surface area (Å²) < 4.78 is 0. The van der Waals surface area contributed by atoms with E-state index in [2.05, 4.69) is 0 Å². The second-order valence-electron chi connectivity index (χ2n) is 0. The second kappa shape index (κ2) is 88.9. The SMILES string of the molecule is O.O.O.O.O.[Au].[KH]. The molecule has 0 saturated carbocycles. The van der Waals surface area contributed by atoms with E-state index in [1.807, 2.05) is 0 Å². The van der Waals surface area contributed by atoms with Crippen molar-refractivity contribution in [1.82, 2.24) is 0 Å². The first kappa shape index (κ1) is 129. The van der Waals surface area contributed by atoms with Crippen LogP contribution in [0.3, 0.4) is 0 Å². The molecule has 0 amide bonds. The zero-order valence-electron chi connectivity index (χ0n) is 2.80. The summed E-state index contributed by atoms with van der Waals surface area (Å²) in [7, 11) is 0. The van der Waals surface area contributed by atoms with Gasteiger partial charge in [-0.25, -0.2) is 0 Å². The molecule has 7 heteroatoms. The zero-order chi connectivity index (χ0) is 0. The molecule has 0 saturated heterocycles. The van der Waals surface area contributed by atoms with Crippen LogP contribution in [0.1, 0.15) is 0 Å². The van der Waals surface area contributed by atoms with Gasteiger partial charge in [-0.2, -0.15) is 0 Å². The molecule has 0 heterocycles. The summed E-state index contributed by atoms with van der Waals surface area (Å²) in [6.45, 7) is 0. The summed E-state index contributed by atoms with van der Waals surface area (Å²) in [5, 5.41) is 0. The van der Waals surface area contributed by atoms with E-state index < -0.39 is 0 Å². The summed E-state index contributed by atoms with van der Waals surface area (Å²) in [5.74, 6) is 0. The summed E-state index contributed by atoms with van der Waals surface area (Å²) in [6, 6.07) is 0. The van der Waals surface area contributed by atoms with E-state index >= 15 is 0 Å².